The van der Waals surface area contributed by atoms with Gasteiger partial charge in [-0.25, -0.2) is 0 Å². The van der Waals surface area contributed by atoms with Gasteiger partial charge in [-0.2, -0.15) is 0 Å². The zero-order valence-corrected chi connectivity index (χ0v) is 45.8. The van der Waals surface area contributed by atoms with Gasteiger partial charge in [0.15, 0.2) is 0 Å². The molecule has 20 nitrogen and oxygen atoms in total. The second-order valence-corrected chi connectivity index (χ2v) is 23.1. The summed E-state index contributed by atoms with van der Waals surface area (Å²) in [4.78, 5) is 121. The van der Waals surface area contributed by atoms with E-state index in [-0.39, 0.29) is 49.5 Å². The second-order valence-electron chi connectivity index (χ2n) is 20.6. The first kappa shape index (κ1) is 57.8. The van der Waals surface area contributed by atoms with E-state index in [0.717, 1.165) is 54.7 Å². The fourth-order valence-corrected chi connectivity index (χ4v) is 12.5. The van der Waals surface area contributed by atoms with E-state index in [0.29, 0.717) is 43.5 Å². The second kappa shape index (κ2) is 27.0. The lowest BCUT2D eigenvalue weighted by atomic mass is 9.93. The molecule has 0 spiro atoms. The number of H-pyrrole nitrogens is 1. The van der Waals surface area contributed by atoms with Gasteiger partial charge >= 0.3 is 0 Å². The number of fused-ring (bicyclic) bond motifs is 3. The number of amides is 8. The van der Waals surface area contributed by atoms with Gasteiger partial charge in [0.1, 0.15) is 48.0 Å². The highest BCUT2D eigenvalue weighted by Gasteiger charge is 2.40. The van der Waals surface area contributed by atoms with Crippen LogP contribution in [0.2, 0.25) is 0 Å². The molecule has 0 saturated carbocycles. The molecule has 0 aliphatic carbocycles. The number of carbonyl (C=O) groups is 8. The highest BCUT2D eigenvalue weighted by Crippen LogP contribution is 2.29. The van der Waals surface area contributed by atoms with Gasteiger partial charge < -0.3 is 63.7 Å². The van der Waals surface area contributed by atoms with Crippen LogP contribution in [0.1, 0.15) is 66.5 Å². The first-order chi connectivity index (χ1) is 38.1. The predicted molar refractivity (Wildman–Crippen MR) is 303 cm³/mol. The van der Waals surface area contributed by atoms with E-state index in [2.05, 4.69) is 42.2 Å². The molecule has 3 aliphatic heterocycles. The van der Waals surface area contributed by atoms with Gasteiger partial charge in [-0.1, -0.05) is 114 Å². The minimum absolute atomic E-state index is 0.0233. The molecule has 79 heavy (non-hydrogen) atoms. The number of hydrogen-bond donors (Lipinski definition) is 11. The van der Waals surface area contributed by atoms with Gasteiger partial charge in [-0.05, 0) is 89.7 Å². The molecule has 418 valence electrons. The number of nitrogens with two attached hydrogens (primary N) is 2. The van der Waals surface area contributed by atoms with Crippen molar-refractivity contribution in [3.63, 3.8) is 0 Å². The molecule has 2 unspecified atom stereocenters. The number of hydrogen-bond acceptors (Lipinski definition) is 13. The molecule has 4 aromatic carbocycles. The fourth-order valence-electron chi connectivity index (χ4n) is 10.1. The third-order valence-corrected chi connectivity index (χ3v) is 17.0. The summed E-state index contributed by atoms with van der Waals surface area (Å²) in [5.41, 5.74) is 17.5. The summed E-state index contributed by atoms with van der Waals surface area (Å²) >= 11 is 0. The maximum Gasteiger partial charge on any atom is 0.247 e. The molecule has 22 heteroatoms. The highest BCUT2D eigenvalue weighted by molar-refractivity contribution is 8.76. The van der Waals surface area contributed by atoms with Crippen LogP contribution < -0.4 is 48.7 Å². The van der Waals surface area contributed by atoms with Crippen LogP contribution in [0.4, 0.5) is 0 Å². The van der Waals surface area contributed by atoms with Gasteiger partial charge in [-0.3, -0.25) is 38.4 Å². The van der Waals surface area contributed by atoms with E-state index in [9.17, 15) is 43.5 Å². The Bertz CT molecular complexity index is 3030. The monoisotopic (exact) mass is 1120 g/mol. The van der Waals surface area contributed by atoms with Crippen molar-refractivity contribution in [2.24, 2.45) is 17.4 Å². The van der Waals surface area contributed by atoms with Crippen LogP contribution >= 0.6 is 21.6 Å². The summed E-state index contributed by atoms with van der Waals surface area (Å²) in [5.74, 6) is -6.25. The molecular weight excluding hydrogens is 1050 g/mol. The number of rotatable bonds is 13. The molecule has 5 aromatic rings. The van der Waals surface area contributed by atoms with Gasteiger partial charge in [0, 0.05) is 61.0 Å². The molecule has 0 bridgehead atoms. The number of phenolic OH excluding ortho intramolecular Hbond substituents is 1. The highest BCUT2D eigenvalue weighted by atomic mass is 33.1. The zero-order chi connectivity index (χ0) is 56.2. The molecule has 4 heterocycles. The van der Waals surface area contributed by atoms with E-state index in [4.69, 9.17) is 11.5 Å². The summed E-state index contributed by atoms with van der Waals surface area (Å²) in [6, 6.07) is 19.1. The van der Waals surface area contributed by atoms with Gasteiger partial charge in [-0.15, -0.1) is 0 Å². The number of primary amides is 1. The molecule has 13 N–H and O–H groups in total. The number of nitrogens with zero attached hydrogens (tertiary/aromatic N) is 1. The third kappa shape index (κ3) is 14.8. The van der Waals surface area contributed by atoms with Crippen LogP contribution in [0.5, 0.6) is 5.75 Å². The first-order valence-electron chi connectivity index (χ1n) is 26.6. The van der Waals surface area contributed by atoms with Crippen molar-refractivity contribution in [3.8, 4) is 5.75 Å². The molecule has 8 atom stereocenters. The average molecular weight is 1120 g/mol. The Morgan fingerprint density at radius 1 is 0.684 bits per heavy atom. The molecular formula is C57H69N11O9S2. The van der Waals surface area contributed by atoms with Crippen molar-refractivity contribution in [3.05, 3.63) is 137 Å². The lowest BCUT2D eigenvalue weighted by Gasteiger charge is -2.37. The van der Waals surface area contributed by atoms with Gasteiger partial charge in [0.05, 0.1) is 6.04 Å². The molecule has 8 rings (SSSR count). The summed E-state index contributed by atoms with van der Waals surface area (Å²) < 4.78 is 0. The lowest BCUT2D eigenvalue weighted by molar-refractivity contribution is -0.143. The smallest absolute Gasteiger partial charge is 0.247 e. The van der Waals surface area contributed by atoms with Crippen LogP contribution in [-0.4, -0.2) is 129 Å². The molecule has 1 aromatic heterocycles. The van der Waals surface area contributed by atoms with Crippen molar-refractivity contribution in [2.75, 3.05) is 18.1 Å². The number of phenols is 1. The lowest BCUT2D eigenvalue weighted by Crippen LogP contribution is -2.62. The fraction of sp³-hybridized carbons (Fsp3) is 0.404. The average Bonchev–Trinajstić information content (AvgIpc) is 3.98. The van der Waals surface area contributed by atoms with E-state index >= 15 is 0 Å². The molecule has 1 fully saturated rings. The van der Waals surface area contributed by atoms with Crippen molar-refractivity contribution in [2.45, 2.75) is 120 Å². The van der Waals surface area contributed by atoms with Crippen molar-refractivity contribution >= 4 is 79.7 Å². The van der Waals surface area contributed by atoms with Crippen LogP contribution in [-0.2, 0) is 77.1 Å². The maximum atomic E-state index is 15.0. The summed E-state index contributed by atoms with van der Waals surface area (Å²) in [7, 11) is 2.26. The standard InChI is InChI=1S/C57H69N11O9S2/c1-32(2)49-56(76)66-47(57(77)68-29-37-14-6-4-12-35(37)26-48(68)50(59)70)31-79-78-30-46(65-52(72)43-24-34-11-3-5-13-36(34)27-61-43)55(75)63-44(23-33-18-20-39(69)21-19-33)53(73)64-45(25-38-28-60-41-16-8-7-15-40(38)41)54(74)62-42(51(71)67-49)17-9-10-22-58/h3-8,11-16,18-21,28,32,42-49,60-61,69H,9-10,17,22-27,29-31,58H2,1-2H3,(H2,59,70)(H,62,74)(H,63,75)(H,64,73)(H,65,72)(H,66,76)(H,67,71)/t42-,43?,44-,45+,46+,47-,48?,49-/m0/s1. The van der Waals surface area contributed by atoms with Crippen molar-refractivity contribution < 1.29 is 43.5 Å². The summed E-state index contributed by atoms with van der Waals surface area (Å²) in [5, 5.41) is 31.5. The Labute approximate surface area is 466 Å². The molecule has 3 aliphatic rings. The Morgan fingerprint density at radius 2 is 1.30 bits per heavy atom. The number of aromatic nitrogens is 1. The van der Waals surface area contributed by atoms with Gasteiger partial charge in [0.25, 0.3) is 0 Å². The van der Waals surface area contributed by atoms with E-state index in [1.54, 1.807) is 32.2 Å². The topological polar surface area (TPSA) is 312 Å². The van der Waals surface area contributed by atoms with Crippen LogP contribution in [0.3, 0.4) is 0 Å². The summed E-state index contributed by atoms with van der Waals surface area (Å²) in [6.07, 6.45) is 3.05. The zero-order valence-electron chi connectivity index (χ0n) is 44.1. The number of carbonyl (C=O) groups excluding carboxylic acids is 8. The SMILES string of the molecule is CC(C)[C@@H]1NC(=O)[C@H](CCCCN)NC(=O)[C@@H](Cc2c[nH]c3ccccc23)NC(=O)[C@H](Cc2ccc(O)cc2)NC(=O)[C@H](NC(=O)C2Cc3ccccc3CN2)CSSC[C@@H](C(=O)N2Cc3ccccc3CC2C(N)=O)NC1=O. The molecule has 1 saturated heterocycles. The van der Waals surface area contributed by atoms with Crippen molar-refractivity contribution in [1.82, 2.24) is 47.1 Å². The minimum atomic E-state index is -1.36. The van der Waals surface area contributed by atoms with Crippen LogP contribution in [0.15, 0.2) is 103 Å². The number of unbranched alkanes of at least 4 members (excludes halogenated alkanes) is 1. The normalized spacial score (nSPS) is 23.7. The number of aromatic hydroxyl groups is 1. The maximum absolute atomic E-state index is 15.0. The quantitative estimate of drug-likeness (QED) is 0.0594. The number of nitrogens with one attached hydrogen (secondary N) is 8. The third-order valence-electron chi connectivity index (χ3n) is 14.6. The largest absolute Gasteiger partial charge is 0.508 e. The Morgan fingerprint density at radius 3 is 2.01 bits per heavy atom. The van der Waals surface area contributed by atoms with Crippen LogP contribution in [0, 0.1) is 5.92 Å². The minimum Gasteiger partial charge on any atom is -0.508 e. The summed E-state index contributed by atoms with van der Waals surface area (Å²) in [6.45, 7) is 4.18. The number of para-hydroxylation sites is 1. The van der Waals surface area contributed by atoms with Crippen molar-refractivity contribution in [1.29, 1.82) is 0 Å². The van der Waals surface area contributed by atoms with Gasteiger partial charge in [0.2, 0.25) is 47.3 Å². The molecule has 8 amide bonds. The number of aromatic amines is 1. The Hall–Kier alpha value is -7.40. The van der Waals surface area contributed by atoms with E-state index in [1.165, 1.54) is 17.0 Å². The number of benzene rings is 4. The predicted octanol–water partition coefficient (Wildman–Crippen LogP) is 1.90. The molecule has 0 radical (unpaired) electrons. The Balaban J connectivity index is 1.16. The van der Waals surface area contributed by atoms with Crippen LogP contribution in [0.25, 0.3) is 10.9 Å². The first-order valence-corrected chi connectivity index (χ1v) is 29.1. The van der Waals surface area contributed by atoms with E-state index < -0.39 is 102 Å². The Kier molecular flexibility index (Phi) is 19.7. The van der Waals surface area contributed by atoms with E-state index in [1.807, 2.05) is 72.8 Å².